The van der Waals surface area contributed by atoms with Crippen molar-refractivity contribution in [3.8, 4) is 5.69 Å². The van der Waals surface area contributed by atoms with Crippen molar-refractivity contribution < 1.29 is 19.3 Å². The summed E-state index contributed by atoms with van der Waals surface area (Å²) in [6.07, 6.45) is -1.90. The predicted molar refractivity (Wildman–Crippen MR) is 118 cm³/mol. The Bertz CT molecular complexity index is 1110. The van der Waals surface area contributed by atoms with Gasteiger partial charge in [0.15, 0.2) is 12.1 Å². The molecule has 0 amide bonds. The van der Waals surface area contributed by atoms with Crippen LogP contribution < -0.4 is 5.73 Å². The lowest BCUT2D eigenvalue weighted by Crippen LogP contribution is -2.62. The van der Waals surface area contributed by atoms with Gasteiger partial charge in [-0.2, -0.15) is 5.10 Å². The topological polar surface area (TPSA) is 118 Å². The average molecular weight is 523 g/mol. The number of fused-ring (bicyclic) bond motifs is 1. The number of nitrogens with two attached hydrogens (primary N) is 1. The van der Waals surface area contributed by atoms with Crippen LogP contribution in [0.1, 0.15) is 29.6 Å². The minimum Gasteiger partial charge on any atom is -0.388 e. The third kappa shape index (κ3) is 3.96. The van der Waals surface area contributed by atoms with Crippen molar-refractivity contribution in [2.75, 3.05) is 6.61 Å². The largest absolute Gasteiger partial charge is 0.388 e. The highest BCUT2D eigenvalue weighted by Crippen LogP contribution is 2.38. The van der Waals surface area contributed by atoms with Gasteiger partial charge in [-0.15, -0.1) is 0 Å². The molecule has 168 valence electrons. The highest BCUT2D eigenvalue weighted by Gasteiger charge is 2.49. The fourth-order valence-electron chi connectivity index (χ4n) is 4.00. The number of halogens is 2. The number of aliphatic hydroxyl groups is 1. The van der Waals surface area contributed by atoms with Gasteiger partial charge in [-0.3, -0.25) is 0 Å². The van der Waals surface area contributed by atoms with Gasteiger partial charge in [0.2, 0.25) is 0 Å². The van der Waals surface area contributed by atoms with Crippen LogP contribution in [0.4, 0.5) is 0 Å². The molecular weight excluding hydrogens is 502 g/mol. The van der Waals surface area contributed by atoms with Crippen LogP contribution in [-0.4, -0.2) is 55.8 Å². The second-order valence-corrected chi connectivity index (χ2v) is 8.89. The van der Waals surface area contributed by atoms with E-state index in [1.165, 1.54) is 0 Å². The second-order valence-electron chi connectivity index (χ2n) is 7.73. The maximum absolute atomic E-state index is 11.1. The molecule has 2 aliphatic heterocycles. The Morgan fingerprint density at radius 3 is 2.78 bits per heavy atom. The molecule has 1 aromatic carbocycles. The zero-order valence-corrected chi connectivity index (χ0v) is 19.3. The van der Waals surface area contributed by atoms with E-state index in [9.17, 15) is 5.11 Å². The molecule has 2 saturated heterocycles. The van der Waals surface area contributed by atoms with E-state index in [1.807, 2.05) is 30.3 Å². The number of hydrogen-bond donors (Lipinski definition) is 2. The van der Waals surface area contributed by atoms with E-state index in [2.05, 4.69) is 31.0 Å². The molecule has 0 aliphatic carbocycles. The van der Waals surface area contributed by atoms with Gasteiger partial charge in [0.05, 0.1) is 29.6 Å². The van der Waals surface area contributed by atoms with Gasteiger partial charge < -0.3 is 25.1 Å². The molecule has 3 N–H and O–H groups in total. The van der Waals surface area contributed by atoms with Crippen molar-refractivity contribution >= 4 is 27.5 Å². The number of ether oxygens (including phenoxy) is 3. The summed E-state index contributed by atoms with van der Waals surface area (Å²) in [6, 6.07) is 10.6. The molecule has 11 heteroatoms. The Morgan fingerprint density at radius 2 is 2.03 bits per heavy atom. The summed E-state index contributed by atoms with van der Waals surface area (Å²) in [6.45, 7) is 2.02. The minimum atomic E-state index is -1.08. The lowest BCUT2D eigenvalue weighted by molar-refractivity contribution is -0.309. The Labute approximate surface area is 197 Å². The number of pyridine rings is 1. The van der Waals surface area contributed by atoms with E-state index in [0.29, 0.717) is 27.0 Å². The van der Waals surface area contributed by atoms with Crippen molar-refractivity contribution in [1.29, 1.82) is 0 Å². The smallest absolute Gasteiger partial charge is 0.184 e. The number of aryl methyl sites for hydroxylation is 1. The average Bonchev–Trinajstić information content (AvgIpc) is 3.19. The summed E-state index contributed by atoms with van der Waals surface area (Å²) in [5, 5.41) is 15.9. The lowest BCUT2D eigenvalue weighted by atomic mass is 9.92. The van der Waals surface area contributed by atoms with Crippen LogP contribution in [0.2, 0.25) is 5.02 Å². The highest BCUT2D eigenvalue weighted by molar-refractivity contribution is 9.10. The van der Waals surface area contributed by atoms with Gasteiger partial charge >= 0.3 is 0 Å². The monoisotopic (exact) mass is 521 g/mol. The maximum atomic E-state index is 11.1. The van der Waals surface area contributed by atoms with Crippen LogP contribution >= 0.6 is 27.5 Å². The second kappa shape index (κ2) is 8.79. The number of nitrogens with zero attached hydrogens (tertiary/aromatic N) is 4. The van der Waals surface area contributed by atoms with Crippen molar-refractivity contribution in [3.05, 3.63) is 69.4 Å². The van der Waals surface area contributed by atoms with Crippen molar-refractivity contribution in [1.82, 2.24) is 19.7 Å². The molecule has 4 heterocycles. The van der Waals surface area contributed by atoms with Crippen molar-refractivity contribution in [2.45, 2.75) is 43.7 Å². The van der Waals surface area contributed by atoms with Crippen molar-refractivity contribution in [2.24, 2.45) is 5.73 Å². The predicted octanol–water partition coefficient (Wildman–Crippen LogP) is 2.63. The summed E-state index contributed by atoms with van der Waals surface area (Å²) < 4.78 is 20.3. The third-order valence-electron chi connectivity index (χ3n) is 5.56. The van der Waals surface area contributed by atoms with Crippen LogP contribution in [0.25, 0.3) is 5.69 Å². The van der Waals surface area contributed by atoms with Gasteiger partial charge in [-0.25, -0.2) is 14.6 Å². The van der Waals surface area contributed by atoms with Gasteiger partial charge in [-0.1, -0.05) is 41.9 Å². The summed E-state index contributed by atoms with van der Waals surface area (Å²) in [5.41, 5.74) is 7.90. The zero-order valence-electron chi connectivity index (χ0n) is 17.0. The van der Waals surface area contributed by atoms with E-state index in [-0.39, 0.29) is 6.61 Å². The van der Waals surface area contributed by atoms with Gasteiger partial charge in [0.1, 0.15) is 34.8 Å². The molecule has 2 aromatic heterocycles. The van der Waals surface area contributed by atoms with Crippen LogP contribution in [0.5, 0.6) is 0 Å². The van der Waals surface area contributed by atoms with E-state index in [1.54, 1.807) is 23.9 Å². The van der Waals surface area contributed by atoms with Crippen molar-refractivity contribution in [3.63, 3.8) is 0 Å². The lowest BCUT2D eigenvalue weighted by Gasteiger charge is -2.46. The fraction of sp³-hybridized carbons (Fsp3) is 0.381. The van der Waals surface area contributed by atoms with E-state index in [4.69, 9.17) is 31.5 Å². The third-order valence-corrected chi connectivity index (χ3v) is 6.70. The van der Waals surface area contributed by atoms with E-state index >= 15 is 0 Å². The van der Waals surface area contributed by atoms with Crippen LogP contribution in [-0.2, 0) is 14.2 Å². The summed E-state index contributed by atoms with van der Waals surface area (Å²) in [5.74, 6) is 0.903. The van der Waals surface area contributed by atoms with Gasteiger partial charge in [0.25, 0.3) is 0 Å². The van der Waals surface area contributed by atoms with Crippen LogP contribution in [0.3, 0.4) is 0 Å². The highest BCUT2D eigenvalue weighted by atomic mass is 79.9. The number of aliphatic hydroxyl groups excluding tert-OH is 1. The first kappa shape index (κ1) is 21.9. The molecule has 0 bridgehead atoms. The Hall–Kier alpha value is -1.92. The SMILES string of the molecule is Cc1nc([C@@H]2OC3COC(c4ccccc4)O[C@@H]3C(N)C2O)n(-c2cnc(Br)c(Cl)c2)n1. The molecule has 32 heavy (non-hydrogen) atoms. The summed E-state index contributed by atoms with van der Waals surface area (Å²) in [4.78, 5) is 8.71. The normalized spacial score (nSPS) is 30.2. The summed E-state index contributed by atoms with van der Waals surface area (Å²) in [7, 11) is 0. The molecule has 5 rings (SSSR count). The minimum absolute atomic E-state index is 0.264. The van der Waals surface area contributed by atoms with Gasteiger partial charge in [-0.05, 0) is 28.9 Å². The number of benzene rings is 1. The first-order valence-corrected chi connectivity index (χ1v) is 11.3. The van der Waals surface area contributed by atoms with E-state index < -0.39 is 36.7 Å². The molecule has 0 spiro atoms. The molecule has 2 aliphatic rings. The molecular formula is C21H21BrClN5O4. The van der Waals surface area contributed by atoms with Crippen LogP contribution in [0, 0.1) is 6.92 Å². The standard InChI is InChI=1S/C21H21BrClN5O4/c1-10-26-20(28(27-10)12-7-13(23)19(22)25-8-12)18-16(29)15(24)17-14(31-18)9-30-21(32-17)11-5-3-2-4-6-11/h2-8,14-18,21,29H,9,24H2,1H3/t14?,15?,16?,17-,18+,21?/m0/s1. The number of aromatic nitrogens is 4. The Morgan fingerprint density at radius 1 is 1.25 bits per heavy atom. The first-order chi connectivity index (χ1) is 15.4. The zero-order chi connectivity index (χ0) is 22.4. The van der Waals surface area contributed by atoms with Crippen LogP contribution in [0.15, 0.2) is 47.2 Å². The Kier molecular flexibility index (Phi) is 6.01. The first-order valence-electron chi connectivity index (χ1n) is 10.1. The summed E-state index contributed by atoms with van der Waals surface area (Å²) >= 11 is 9.49. The number of rotatable bonds is 3. The fourth-order valence-corrected chi connectivity index (χ4v) is 4.38. The molecule has 3 aromatic rings. The molecule has 0 radical (unpaired) electrons. The molecule has 9 nitrogen and oxygen atoms in total. The maximum Gasteiger partial charge on any atom is 0.184 e. The molecule has 2 fully saturated rings. The quantitative estimate of drug-likeness (QED) is 0.504. The molecule has 6 atom stereocenters. The number of hydrogen-bond acceptors (Lipinski definition) is 8. The Balaban J connectivity index is 1.42. The van der Waals surface area contributed by atoms with Gasteiger partial charge in [0, 0.05) is 5.56 Å². The molecule has 4 unspecified atom stereocenters. The van der Waals surface area contributed by atoms with E-state index in [0.717, 1.165) is 5.56 Å². The molecule has 0 saturated carbocycles.